The number of carbonyl (C=O) groups is 3. The fourth-order valence-electron chi connectivity index (χ4n) is 6.79. The van der Waals surface area contributed by atoms with Gasteiger partial charge < -0.3 is 19.5 Å². The summed E-state index contributed by atoms with van der Waals surface area (Å²) in [5.74, 6) is 0.154. The predicted molar refractivity (Wildman–Crippen MR) is 203 cm³/mol. The molecule has 0 aliphatic carbocycles. The molecule has 1 aliphatic rings. The molecule has 0 spiro atoms. The minimum Gasteiger partial charge on any atom is -0.466 e. The van der Waals surface area contributed by atoms with Crippen LogP contribution in [-0.4, -0.2) is 50.8 Å². The number of piperidine rings is 1. The molecule has 1 aliphatic heterocycles. The number of nitrogens with one attached hydrogen (secondary N) is 1. The van der Waals surface area contributed by atoms with Crippen LogP contribution in [0.15, 0.2) is 0 Å². The summed E-state index contributed by atoms with van der Waals surface area (Å²) in [6.45, 7) is 7.85. The number of hydrogen-bond acceptors (Lipinski definition) is 7. The summed E-state index contributed by atoms with van der Waals surface area (Å²) < 4.78 is 16.8. The van der Waals surface area contributed by atoms with Crippen molar-refractivity contribution in [1.29, 1.82) is 0 Å². The van der Waals surface area contributed by atoms with Gasteiger partial charge in [-0.3, -0.25) is 14.4 Å². The normalized spacial score (nSPS) is 13.5. The molecule has 0 unspecified atom stereocenters. The van der Waals surface area contributed by atoms with Gasteiger partial charge in [0.2, 0.25) is 0 Å². The molecule has 1 rings (SSSR count). The largest absolute Gasteiger partial charge is 0.466 e. The van der Waals surface area contributed by atoms with Crippen LogP contribution in [0.25, 0.3) is 0 Å². The average Bonchev–Trinajstić information content (AvgIpc) is 3.11. The van der Waals surface area contributed by atoms with E-state index < -0.39 is 0 Å². The first-order valence-corrected chi connectivity index (χ1v) is 21.2. The van der Waals surface area contributed by atoms with Crippen molar-refractivity contribution in [3.05, 3.63) is 0 Å². The second-order valence-corrected chi connectivity index (χ2v) is 14.8. The van der Waals surface area contributed by atoms with Crippen LogP contribution in [0.2, 0.25) is 0 Å². The molecule has 0 aromatic carbocycles. The van der Waals surface area contributed by atoms with Crippen molar-refractivity contribution in [2.45, 2.75) is 206 Å². The van der Waals surface area contributed by atoms with Crippen molar-refractivity contribution in [2.75, 3.05) is 32.9 Å². The summed E-state index contributed by atoms with van der Waals surface area (Å²) in [7, 11) is 0. The molecule has 0 aromatic rings. The number of hydrogen-bond donors (Lipinski definition) is 1. The van der Waals surface area contributed by atoms with Crippen LogP contribution in [0.4, 0.5) is 0 Å². The minimum atomic E-state index is -0.0706. The van der Waals surface area contributed by atoms with Gasteiger partial charge in [-0.2, -0.15) is 0 Å². The Morgan fingerprint density at radius 2 is 0.898 bits per heavy atom. The first kappa shape index (κ1) is 45.4. The Labute approximate surface area is 302 Å². The highest BCUT2D eigenvalue weighted by Crippen LogP contribution is 2.21. The lowest BCUT2D eigenvalue weighted by Gasteiger charge is -2.23. The van der Waals surface area contributed by atoms with Gasteiger partial charge in [0.15, 0.2) is 0 Å². The maximum Gasteiger partial charge on any atom is 0.309 e. The molecule has 0 aromatic heterocycles. The predicted octanol–water partition coefficient (Wildman–Crippen LogP) is 11.2. The first-order valence-electron chi connectivity index (χ1n) is 21.2. The molecule has 49 heavy (non-hydrogen) atoms. The van der Waals surface area contributed by atoms with Gasteiger partial charge in [0.05, 0.1) is 25.7 Å². The van der Waals surface area contributed by atoms with Gasteiger partial charge in [-0.05, 0) is 70.4 Å². The molecule has 0 bridgehead atoms. The molecule has 0 amide bonds. The lowest BCUT2D eigenvalue weighted by atomic mass is 9.94. The van der Waals surface area contributed by atoms with Gasteiger partial charge >= 0.3 is 17.9 Å². The van der Waals surface area contributed by atoms with E-state index in [4.69, 9.17) is 14.2 Å². The lowest BCUT2D eigenvalue weighted by Crippen LogP contribution is -2.33. The van der Waals surface area contributed by atoms with E-state index in [2.05, 4.69) is 19.2 Å². The van der Waals surface area contributed by atoms with Gasteiger partial charge in [-0.15, -0.1) is 0 Å². The average molecular weight is 694 g/mol. The fourth-order valence-corrected chi connectivity index (χ4v) is 6.79. The molecule has 7 heteroatoms. The maximum atomic E-state index is 12.7. The molecule has 0 radical (unpaired) electrons. The van der Waals surface area contributed by atoms with E-state index in [-0.39, 0.29) is 23.8 Å². The van der Waals surface area contributed by atoms with Gasteiger partial charge in [0, 0.05) is 12.8 Å². The summed E-state index contributed by atoms with van der Waals surface area (Å²) in [5.41, 5.74) is 0. The summed E-state index contributed by atoms with van der Waals surface area (Å²) >= 11 is 0. The molecule has 1 saturated heterocycles. The van der Waals surface area contributed by atoms with Crippen LogP contribution >= 0.6 is 0 Å². The topological polar surface area (TPSA) is 90.9 Å². The molecule has 1 heterocycles. The molecule has 1 N–H and O–H groups in total. The summed E-state index contributed by atoms with van der Waals surface area (Å²) in [5, 5.41) is 3.31. The second kappa shape index (κ2) is 34.8. The van der Waals surface area contributed by atoms with Crippen LogP contribution in [0.1, 0.15) is 206 Å². The van der Waals surface area contributed by atoms with Crippen LogP contribution in [0.3, 0.4) is 0 Å². The van der Waals surface area contributed by atoms with Gasteiger partial charge in [-0.25, -0.2) is 0 Å². The van der Waals surface area contributed by atoms with Crippen molar-refractivity contribution < 1.29 is 28.6 Å². The SMILES string of the molecule is CCCCCCCCCCCOC(=O)CCCCCC(CCCCCC(=O)OCCCCCCCCCCC)COC(=O)C1CCNCC1. The second-order valence-electron chi connectivity index (χ2n) is 14.8. The molecular formula is C42H79NO6. The Kier molecular flexibility index (Phi) is 32.2. The number of ether oxygens (including phenoxy) is 3. The molecule has 7 nitrogen and oxygen atoms in total. The van der Waals surface area contributed by atoms with Crippen molar-refractivity contribution in [3.63, 3.8) is 0 Å². The van der Waals surface area contributed by atoms with Gasteiger partial charge in [-0.1, -0.05) is 142 Å². The third-order valence-electron chi connectivity index (χ3n) is 10.1. The summed E-state index contributed by atoms with van der Waals surface area (Å²) in [4.78, 5) is 37.0. The Hall–Kier alpha value is -1.63. The Morgan fingerprint density at radius 3 is 1.33 bits per heavy atom. The Morgan fingerprint density at radius 1 is 0.510 bits per heavy atom. The van der Waals surface area contributed by atoms with E-state index in [9.17, 15) is 14.4 Å². The third-order valence-corrected chi connectivity index (χ3v) is 10.1. The highest BCUT2D eigenvalue weighted by Gasteiger charge is 2.23. The number of unbranched alkanes of at least 4 members (excludes halogenated alkanes) is 20. The van der Waals surface area contributed by atoms with E-state index >= 15 is 0 Å². The number of esters is 3. The van der Waals surface area contributed by atoms with Crippen molar-refractivity contribution in [2.24, 2.45) is 11.8 Å². The number of carbonyl (C=O) groups excluding carboxylic acids is 3. The van der Waals surface area contributed by atoms with Crippen LogP contribution in [0, 0.1) is 11.8 Å². The molecule has 1 fully saturated rings. The summed E-state index contributed by atoms with van der Waals surface area (Å²) in [6.07, 6.45) is 33.1. The molecule has 288 valence electrons. The Bertz CT molecular complexity index is 722. The standard InChI is InChI=1S/C42H79NO6/c1-3-5-7-9-11-13-15-17-25-35-47-40(44)29-23-19-21-27-38(37-49-42(46)39-31-33-43-34-32-39)28-22-20-24-30-41(45)48-36-26-18-16-14-12-10-8-6-4-2/h38-39,43H,3-37H2,1-2H3. The van der Waals surface area contributed by atoms with E-state index in [1.807, 2.05) is 0 Å². The highest BCUT2D eigenvalue weighted by atomic mass is 16.5. The quantitative estimate of drug-likeness (QED) is 0.0401. The Balaban J connectivity index is 2.17. The fraction of sp³-hybridized carbons (Fsp3) is 0.929. The molecule has 0 atom stereocenters. The summed E-state index contributed by atoms with van der Waals surface area (Å²) in [6, 6.07) is 0. The van der Waals surface area contributed by atoms with E-state index in [1.165, 1.54) is 89.9 Å². The zero-order valence-corrected chi connectivity index (χ0v) is 32.4. The van der Waals surface area contributed by atoms with Crippen LogP contribution < -0.4 is 5.32 Å². The van der Waals surface area contributed by atoms with Gasteiger partial charge in [0.1, 0.15) is 0 Å². The number of rotatable bonds is 35. The van der Waals surface area contributed by atoms with Crippen molar-refractivity contribution in [3.8, 4) is 0 Å². The van der Waals surface area contributed by atoms with Crippen LogP contribution in [0.5, 0.6) is 0 Å². The third kappa shape index (κ3) is 29.8. The molecular weight excluding hydrogens is 614 g/mol. The first-order chi connectivity index (χ1) is 24.1. The van der Waals surface area contributed by atoms with E-state index in [0.29, 0.717) is 38.6 Å². The monoisotopic (exact) mass is 694 g/mol. The highest BCUT2D eigenvalue weighted by molar-refractivity contribution is 5.72. The van der Waals surface area contributed by atoms with Gasteiger partial charge in [0.25, 0.3) is 0 Å². The zero-order chi connectivity index (χ0) is 35.5. The van der Waals surface area contributed by atoms with Crippen molar-refractivity contribution in [1.82, 2.24) is 5.32 Å². The van der Waals surface area contributed by atoms with Crippen molar-refractivity contribution >= 4 is 17.9 Å². The smallest absolute Gasteiger partial charge is 0.309 e. The minimum absolute atomic E-state index is 0.0185. The van der Waals surface area contributed by atoms with E-state index in [1.54, 1.807) is 0 Å². The lowest BCUT2D eigenvalue weighted by molar-refractivity contribution is -0.151. The molecule has 0 saturated carbocycles. The zero-order valence-electron chi connectivity index (χ0n) is 32.4. The van der Waals surface area contributed by atoms with E-state index in [0.717, 1.165) is 103 Å². The van der Waals surface area contributed by atoms with Crippen LogP contribution in [-0.2, 0) is 28.6 Å². The maximum absolute atomic E-state index is 12.7.